The molecule has 0 aromatic heterocycles. The van der Waals surface area contributed by atoms with Gasteiger partial charge in [-0.3, -0.25) is 14.5 Å². The van der Waals surface area contributed by atoms with Crippen LogP contribution in [0.4, 0.5) is 5.69 Å². The Hall–Kier alpha value is -2.43. The third-order valence-electron chi connectivity index (χ3n) is 4.84. The van der Waals surface area contributed by atoms with Gasteiger partial charge in [0.05, 0.1) is 23.1 Å². The van der Waals surface area contributed by atoms with Gasteiger partial charge < -0.3 is 5.11 Å². The van der Waals surface area contributed by atoms with Gasteiger partial charge in [0.1, 0.15) is 0 Å². The van der Waals surface area contributed by atoms with Gasteiger partial charge in [-0.1, -0.05) is 12.2 Å². The molecule has 106 valence electrons. The van der Waals surface area contributed by atoms with E-state index in [0.717, 1.165) is 6.42 Å². The third-order valence-corrected chi connectivity index (χ3v) is 4.84. The van der Waals surface area contributed by atoms with Crippen LogP contribution < -0.4 is 4.90 Å². The van der Waals surface area contributed by atoms with Gasteiger partial charge in [-0.05, 0) is 42.5 Å². The Morgan fingerprint density at radius 3 is 2.00 bits per heavy atom. The number of fused-ring (bicyclic) bond motifs is 5. The number of benzene rings is 1. The average molecular weight is 283 g/mol. The Morgan fingerprint density at radius 1 is 1.00 bits per heavy atom. The molecule has 3 aliphatic rings. The highest BCUT2D eigenvalue weighted by Crippen LogP contribution is 2.53. The largest absolute Gasteiger partial charge is 0.478 e. The first-order chi connectivity index (χ1) is 10.1. The maximum atomic E-state index is 12.6. The molecule has 0 radical (unpaired) electrons. The molecule has 4 rings (SSSR count). The van der Waals surface area contributed by atoms with Crippen LogP contribution in [0.25, 0.3) is 0 Å². The van der Waals surface area contributed by atoms with Crippen molar-refractivity contribution in [2.45, 2.75) is 6.42 Å². The molecule has 1 aromatic carbocycles. The zero-order chi connectivity index (χ0) is 14.7. The second-order valence-electron chi connectivity index (χ2n) is 5.86. The van der Waals surface area contributed by atoms with E-state index >= 15 is 0 Å². The number of anilines is 1. The molecule has 1 aliphatic heterocycles. The van der Waals surface area contributed by atoms with Crippen LogP contribution in [0.3, 0.4) is 0 Å². The van der Waals surface area contributed by atoms with E-state index in [0.29, 0.717) is 5.69 Å². The highest BCUT2D eigenvalue weighted by molar-refractivity contribution is 6.22. The van der Waals surface area contributed by atoms with Crippen LogP contribution in [0.15, 0.2) is 36.4 Å². The summed E-state index contributed by atoms with van der Waals surface area (Å²) in [5.41, 5.74) is 0.601. The maximum Gasteiger partial charge on any atom is 0.335 e. The van der Waals surface area contributed by atoms with Crippen LogP contribution in [0.2, 0.25) is 0 Å². The van der Waals surface area contributed by atoms with E-state index in [1.54, 1.807) is 0 Å². The number of carboxylic acid groups (broad SMARTS) is 1. The number of hydrogen-bond donors (Lipinski definition) is 1. The van der Waals surface area contributed by atoms with E-state index in [-0.39, 0.29) is 41.0 Å². The lowest BCUT2D eigenvalue weighted by Gasteiger charge is -2.17. The van der Waals surface area contributed by atoms with Crippen LogP contribution >= 0.6 is 0 Å². The molecular weight excluding hydrogens is 270 g/mol. The van der Waals surface area contributed by atoms with Crippen LogP contribution in [-0.2, 0) is 9.59 Å². The molecule has 2 fully saturated rings. The van der Waals surface area contributed by atoms with Crippen molar-refractivity contribution in [2.24, 2.45) is 23.7 Å². The predicted molar refractivity (Wildman–Crippen MR) is 73.6 cm³/mol. The summed E-state index contributed by atoms with van der Waals surface area (Å²) in [5.74, 6) is -1.42. The van der Waals surface area contributed by atoms with Crippen molar-refractivity contribution in [3.8, 4) is 0 Å². The summed E-state index contributed by atoms with van der Waals surface area (Å²) in [7, 11) is 0. The lowest BCUT2D eigenvalue weighted by Crippen LogP contribution is -2.32. The number of nitrogens with zero attached hydrogens (tertiary/aromatic N) is 1. The zero-order valence-electron chi connectivity index (χ0n) is 11.1. The normalized spacial score (nSPS) is 32.9. The molecular formula is C16H13NO4. The van der Waals surface area contributed by atoms with Crippen molar-refractivity contribution in [1.29, 1.82) is 0 Å². The number of amides is 2. The molecule has 2 aliphatic carbocycles. The van der Waals surface area contributed by atoms with Crippen molar-refractivity contribution < 1.29 is 19.5 Å². The predicted octanol–water partition coefficient (Wildman–Crippen LogP) is 1.70. The molecule has 1 saturated carbocycles. The number of aromatic carboxylic acids is 1. The van der Waals surface area contributed by atoms with E-state index in [1.165, 1.54) is 29.2 Å². The molecule has 5 nitrogen and oxygen atoms in total. The van der Waals surface area contributed by atoms with Crippen LogP contribution in [0, 0.1) is 23.7 Å². The van der Waals surface area contributed by atoms with Crippen molar-refractivity contribution in [1.82, 2.24) is 0 Å². The zero-order valence-corrected chi connectivity index (χ0v) is 11.1. The number of carbonyl (C=O) groups excluding carboxylic acids is 2. The molecule has 1 saturated heterocycles. The Bertz CT molecular complexity index is 661. The Morgan fingerprint density at radius 2 is 1.52 bits per heavy atom. The van der Waals surface area contributed by atoms with E-state index in [1.807, 2.05) is 12.2 Å². The lowest BCUT2D eigenvalue weighted by molar-refractivity contribution is -0.123. The fourth-order valence-electron chi connectivity index (χ4n) is 3.91. The molecule has 4 atom stereocenters. The van der Waals surface area contributed by atoms with Crippen LogP contribution in [-0.4, -0.2) is 22.9 Å². The number of carbonyl (C=O) groups is 3. The van der Waals surface area contributed by atoms with Gasteiger partial charge in [-0.25, -0.2) is 4.79 Å². The highest BCUT2D eigenvalue weighted by Gasteiger charge is 2.59. The molecule has 0 spiro atoms. The number of hydrogen-bond acceptors (Lipinski definition) is 3. The molecule has 0 unspecified atom stereocenters. The first kappa shape index (κ1) is 12.3. The van der Waals surface area contributed by atoms with Crippen molar-refractivity contribution >= 4 is 23.5 Å². The van der Waals surface area contributed by atoms with Gasteiger partial charge in [0, 0.05) is 0 Å². The Labute approximate surface area is 120 Å². The summed E-state index contributed by atoms with van der Waals surface area (Å²) in [5, 5.41) is 8.90. The molecule has 21 heavy (non-hydrogen) atoms. The number of imide groups is 1. The average Bonchev–Trinajstić information content (AvgIpc) is 3.13. The first-order valence-corrected chi connectivity index (χ1v) is 6.97. The van der Waals surface area contributed by atoms with E-state index < -0.39 is 5.97 Å². The van der Waals surface area contributed by atoms with Gasteiger partial charge >= 0.3 is 5.97 Å². The number of rotatable bonds is 2. The van der Waals surface area contributed by atoms with Crippen molar-refractivity contribution in [3.63, 3.8) is 0 Å². The summed E-state index contributed by atoms with van der Waals surface area (Å²) in [6.07, 6.45) is 5.00. The summed E-state index contributed by atoms with van der Waals surface area (Å²) >= 11 is 0. The van der Waals surface area contributed by atoms with Gasteiger partial charge in [-0.2, -0.15) is 0 Å². The maximum absolute atomic E-state index is 12.6. The summed E-state index contributed by atoms with van der Waals surface area (Å²) in [6, 6.07) is 5.88. The molecule has 5 heteroatoms. The monoisotopic (exact) mass is 283 g/mol. The second kappa shape index (κ2) is 4.04. The minimum absolute atomic E-state index is 0.139. The number of allylic oxidation sites excluding steroid dienone is 2. The van der Waals surface area contributed by atoms with Crippen molar-refractivity contribution in [3.05, 3.63) is 42.0 Å². The Kier molecular flexibility index (Phi) is 2.37. The van der Waals surface area contributed by atoms with E-state index in [2.05, 4.69) is 0 Å². The lowest BCUT2D eigenvalue weighted by atomic mass is 9.85. The van der Waals surface area contributed by atoms with E-state index in [9.17, 15) is 14.4 Å². The highest BCUT2D eigenvalue weighted by atomic mass is 16.4. The van der Waals surface area contributed by atoms with Gasteiger partial charge in [-0.15, -0.1) is 0 Å². The van der Waals surface area contributed by atoms with Crippen molar-refractivity contribution in [2.75, 3.05) is 4.90 Å². The molecule has 2 bridgehead atoms. The standard InChI is InChI=1S/C16H13NO4/c18-14-12-9-1-2-10(7-9)13(12)15(19)17(14)11-5-3-8(4-6-11)16(20)21/h1-6,9-10,12-13H,7H2,(H,20,21)/t9-,10+,12+,13-. The minimum Gasteiger partial charge on any atom is -0.478 e. The quantitative estimate of drug-likeness (QED) is 0.662. The number of carboxylic acids is 1. The van der Waals surface area contributed by atoms with Gasteiger partial charge in [0.2, 0.25) is 11.8 Å². The molecule has 2 amide bonds. The summed E-state index contributed by atoms with van der Waals surface area (Å²) in [6.45, 7) is 0. The fourth-order valence-corrected chi connectivity index (χ4v) is 3.91. The molecule has 1 aromatic rings. The Balaban J connectivity index is 1.69. The molecule has 1 N–H and O–H groups in total. The minimum atomic E-state index is -1.03. The second-order valence-corrected chi connectivity index (χ2v) is 5.86. The first-order valence-electron chi connectivity index (χ1n) is 6.97. The molecule has 1 heterocycles. The summed E-state index contributed by atoms with van der Waals surface area (Å²) < 4.78 is 0. The smallest absolute Gasteiger partial charge is 0.335 e. The van der Waals surface area contributed by atoms with E-state index in [4.69, 9.17) is 5.11 Å². The van der Waals surface area contributed by atoms with Gasteiger partial charge in [0.15, 0.2) is 0 Å². The topological polar surface area (TPSA) is 74.7 Å². The van der Waals surface area contributed by atoms with Crippen LogP contribution in [0.1, 0.15) is 16.8 Å². The van der Waals surface area contributed by atoms with Gasteiger partial charge in [0.25, 0.3) is 0 Å². The fraction of sp³-hybridized carbons (Fsp3) is 0.312. The summed E-state index contributed by atoms with van der Waals surface area (Å²) in [4.78, 5) is 37.2. The third kappa shape index (κ3) is 1.54. The SMILES string of the molecule is O=C(O)c1ccc(N2C(=O)[C@@H]3[C@H](C2=O)[C@H]2C=C[C@@H]3C2)cc1. The van der Waals surface area contributed by atoms with Crippen LogP contribution in [0.5, 0.6) is 0 Å².